The fourth-order valence-corrected chi connectivity index (χ4v) is 3.19. The number of anilines is 1. The first-order valence-electron chi connectivity index (χ1n) is 7.87. The van der Waals surface area contributed by atoms with Gasteiger partial charge in [0.25, 0.3) is 0 Å². The predicted octanol–water partition coefficient (Wildman–Crippen LogP) is 3.27. The van der Waals surface area contributed by atoms with E-state index in [1.54, 1.807) is 0 Å². The summed E-state index contributed by atoms with van der Waals surface area (Å²) >= 11 is 0. The van der Waals surface area contributed by atoms with Gasteiger partial charge in [-0.3, -0.25) is 0 Å². The molecule has 0 aromatic heterocycles. The molecule has 2 aromatic carbocycles. The topological polar surface area (TPSA) is 38.0 Å². The van der Waals surface area contributed by atoms with E-state index < -0.39 is 0 Å². The second-order valence-electron chi connectivity index (χ2n) is 6.11. The Labute approximate surface area is 127 Å². The van der Waals surface area contributed by atoms with Crippen molar-refractivity contribution >= 4 is 5.69 Å². The van der Waals surface area contributed by atoms with E-state index in [1.807, 2.05) is 6.07 Å². The zero-order chi connectivity index (χ0) is 14.7. The van der Waals surface area contributed by atoms with E-state index in [-0.39, 0.29) is 0 Å². The molecule has 2 aromatic rings. The van der Waals surface area contributed by atoms with Crippen LogP contribution in [-0.4, -0.2) is 12.6 Å². The second kappa shape index (κ2) is 6.31. The molecule has 2 nitrogen and oxygen atoms in total. The van der Waals surface area contributed by atoms with Crippen LogP contribution in [0.3, 0.4) is 0 Å². The van der Waals surface area contributed by atoms with E-state index >= 15 is 0 Å². The third kappa shape index (κ3) is 3.45. The van der Waals surface area contributed by atoms with Crippen molar-refractivity contribution in [1.82, 2.24) is 5.32 Å². The molecule has 0 fully saturated rings. The molecule has 0 amide bonds. The van der Waals surface area contributed by atoms with Gasteiger partial charge in [0.2, 0.25) is 0 Å². The zero-order valence-electron chi connectivity index (χ0n) is 12.7. The highest BCUT2D eigenvalue weighted by Crippen LogP contribution is 2.26. The van der Waals surface area contributed by atoms with E-state index in [0.717, 1.165) is 31.5 Å². The number of nitrogens with two attached hydrogens (primary N) is 1. The van der Waals surface area contributed by atoms with Crippen molar-refractivity contribution in [3.63, 3.8) is 0 Å². The molecule has 0 saturated heterocycles. The van der Waals surface area contributed by atoms with E-state index in [2.05, 4.69) is 48.6 Å². The van der Waals surface area contributed by atoms with E-state index in [1.165, 1.54) is 28.7 Å². The summed E-state index contributed by atoms with van der Waals surface area (Å²) < 4.78 is 0. The van der Waals surface area contributed by atoms with Gasteiger partial charge in [0.05, 0.1) is 0 Å². The fourth-order valence-electron chi connectivity index (χ4n) is 3.19. The molecule has 110 valence electrons. The minimum atomic E-state index is 0.588. The third-order valence-electron chi connectivity index (χ3n) is 4.49. The van der Waals surface area contributed by atoms with Crippen LogP contribution < -0.4 is 11.1 Å². The number of nitrogens with one attached hydrogen (secondary N) is 1. The zero-order valence-corrected chi connectivity index (χ0v) is 12.7. The van der Waals surface area contributed by atoms with Gasteiger partial charge in [0.1, 0.15) is 0 Å². The van der Waals surface area contributed by atoms with Crippen LogP contribution in [0.2, 0.25) is 0 Å². The van der Waals surface area contributed by atoms with Crippen LogP contribution in [0.5, 0.6) is 0 Å². The Morgan fingerprint density at radius 3 is 2.76 bits per heavy atom. The molecule has 21 heavy (non-hydrogen) atoms. The van der Waals surface area contributed by atoms with Gasteiger partial charge in [0.15, 0.2) is 0 Å². The summed E-state index contributed by atoms with van der Waals surface area (Å²) in [6, 6.07) is 15.7. The Bertz CT molecular complexity index is 601. The van der Waals surface area contributed by atoms with Crippen molar-refractivity contribution < 1.29 is 0 Å². The van der Waals surface area contributed by atoms with Crippen molar-refractivity contribution in [2.75, 3.05) is 12.3 Å². The highest BCUT2D eigenvalue weighted by atomic mass is 14.9. The summed E-state index contributed by atoms with van der Waals surface area (Å²) in [4.78, 5) is 0. The Balaban J connectivity index is 1.52. The lowest BCUT2D eigenvalue weighted by molar-refractivity contribution is 0.462. The van der Waals surface area contributed by atoms with Gasteiger partial charge in [-0.15, -0.1) is 0 Å². The summed E-state index contributed by atoms with van der Waals surface area (Å²) in [5, 5.41) is 3.70. The number of fused-ring (bicyclic) bond motifs is 1. The largest absolute Gasteiger partial charge is 0.398 e. The Kier molecular flexibility index (Phi) is 4.26. The van der Waals surface area contributed by atoms with Crippen LogP contribution >= 0.6 is 0 Å². The van der Waals surface area contributed by atoms with Gasteiger partial charge >= 0.3 is 0 Å². The SMILES string of the molecule is Cc1ccc(CCNC2CCc3c(N)cccc3C2)cc1. The Morgan fingerprint density at radius 1 is 1.14 bits per heavy atom. The van der Waals surface area contributed by atoms with Crippen molar-refractivity contribution in [3.8, 4) is 0 Å². The van der Waals surface area contributed by atoms with E-state index in [0.29, 0.717) is 6.04 Å². The number of hydrogen-bond donors (Lipinski definition) is 2. The van der Waals surface area contributed by atoms with Crippen LogP contribution in [0.25, 0.3) is 0 Å². The molecule has 1 aliphatic carbocycles. The van der Waals surface area contributed by atoms with Crippen molar-refractivity contribution in [1.29, 1.82) is 0 Å². The van der Waals surface area contributed by atoms with Crippen LogP contribution in [0.15, 0.2) is 42.5 Å². The quantitative estimate of drug-likeness (QED) is 0.844. The van der Waals surface area contributed by atoms with Crippen LogP contribution in [0, 0.1) is 6.92 Å². The molecule has 0 bridgehead atoms. The van der Waals surface area contributed by atoms with E-state index in [4.69, 9.17) is 5.73 Å². The first-order valence-corrected chi connectivity index (χ1v) is 7.87. The van der Waals surface area contributed by atoms with Gasteiger partial charge in [-0.1, -0.05) is 42.0 Å². The molecule has 1 aliphatic rings. The van der Waals surface area contributed by atoms with E-state index in [9.17, 15) is 0 Å². The van der Waals surface area contributed by atoms with Gasteiger partial charge in [-0.2, -0.15) is 0 Å². The summed E-state index contributed by atoms with van der Waals surface area (Å²) in [5.74, 6) is 0. The van der Waals surface area contributed by atoms with Crippen LogP contribution in [0.4, 0.5) is 5.69 Å². The maximum atomic E-state index is 6.05. The molecule has 0 radical (unpaired) electrons. The Hall–Kier alpha value is -1.80. The van der Waals surface area contributed by atoms with Crippen molar-refractivity contribution in [2.45, 2.75) is 38.6 Å². The van der Waals surface area contributed by atoms with Gasteiger partial charge in [-0.25, -0.2) is 0 Å². The molecular weight excluding hydrogens is 256 g/mol. The molecule has 1 unspecified atom stereocenters. The number of nitrogen functional groups attached to an aromatic ring is 1. The molecule has 0 heterocycles. The lowest BCUT2D eigenvalue weighted by Crippen LogP contribution is -2.36. The number of hydrogen-bond acceptors (Lipinski definition) is 2. The molecular formula is C19H24N2. The lowest BCUT2D eigenvalue weighted by atomic mass is 9.87. The maximum Gasteiger partial charge on any atom is 0.0349 e. The first-order chi connectivity index (χ1) is 10.2. The van der Waals surface area contributed by atoms with Crippen LogP contribution in [-0.2, 0) is 19.3 Å². The number of benzene rings is 2. The summed E-state index contributed by atoms with van der Waals surface area (Å²) in [5.41, 5.74) is 12.6. The van der Waals surface area contributed by atoms with Gasteiger partial charge in [-0.05, 0) is 61.9 Å². The average Bonchev–Trinajstić information content (AvgIpc) is 2.49. The molecule has 3 rings (SSSR count). The highest BCUT2D eigenvalue weighted by Gasteiger charge is 2.19. The summed E-state index contributed by atoms with van der Waals surface area (Å²) in [6.45, 7) is 3.18. The minimum Gasteiger partial charge on any atom is -0.398 e. The van der Waals surface area contributed by atoms with Crippen LogP contribution in [0.1, 0.15) is 28.7 Å². The normalized spacial score (nSPS) is 17.5. The summed E-state index contributed by atoms with van der Waals surface area (Å²) in [7, 11) is 0. The molecule has 0 spiro atoms. The summed E-state index contributed by atoms with van der Waals surface area (Å²) in [6.07, 6.45) is 4.49. The fraction of sp³-hybridized carbons (Fsp3) is 0.368. The van der Waals surface area contributed by atoms with Crippen molar-refractivity contribution in [2.24, 2.45) is 0 Å². The van der Waals surface area contributed by atoms with Gasteiger partial charge in [0, 0.05) is 11.7 Å². The maximum absolute atomic E-state index is 6.05. The third-order valence-corrected chi connectivity index (χ3v) is 4.49. The first kappa shape index (κ1) is 14.2. The standard InChI is InChI=1S/C19H24N2/c1-14-5-7-15(8-6-14)11-12-21-17-9-10-18-16(13-17)3-2-4-19(18)20/h2-8,17,21H,9-13,20H2,1H3. The average molecular weight is 280 g/mol. The molecule has 2 heteroatoms. The molecule has 1 atom stereocenters. The smallest absolute Gasteiger partial charge is 0.0349 e. The molecule has 3 N–H and O–H groups in total. The monoisotopic (exact) mass is 280 g/mol. The molecule has 0 saturated carbocycles. The Morgan fingerprint density at radius 2 is 1.95 bits per heavy atom. The predicted molar refractivity (Wildman–Crippen MR) is 89.6 cm³/mol. The number of aryl methyl sites for hydroxylation is 1. The molecule has 0 aliphatic heterocycles. The number of rotatable bonds is 4. The van der Waals surface area contributed by atoms with Gasteiger partial charge < -0.3 is 11.1 Å². The second-order valence-corrected chi connectivity index (χ2v) is 6.11. The van der Waals surface area contributed by atoms with Crippen molar-refractivity contribution in [3.05, 3.63) is 64.7 Å². The minimum absolute atomic E-state index is 0.588. The highest BCUT2D eigenvalue weighted by molar-refractivity contribution is 5.52. The lowest BCUT2D eigenvalue weighted by Gasteiger charge is -2.26.